The quantitative estimate of drug-likeness (QED) is 0.642. The van der Waals surface area contributed by atoms with Crippen LogP contribution in [0.1, 0.15) is 60.3 Å². The van der Waals surface area contributed by atoms with Gasteiger partial charge in [-0.3, -0.25) is 0 Å². The van der Waals surface area contributed by atoms with Crippen molar-refractivity contribution in [1.82, 2.24) is 10.2 Å². The van der Waals surface area contributed by atoms with E-state index in [0.717, 1.165) is 38.8 Å². The van der Waals surface area contributed by atoms with Gasteiger partial charge in [-0.2, -0.15) is 0 Å². The van der Waals surface area contributed by atoms with Gasteiger partial charge in [-0.25, -0.2) is 4.79 Å². The Morgan fingerprint density at radius 2 is 1.86 bits per heavy atom. The maximum absolute atomic E-state index is 12.2. The van der Waals surface area contributed by atoms with Crippen molar-refractivity contribution in [2.24, 2.45) is 5.41 Å². The molecule has 1 amide bonds. The first kappa shape index (κ1) is 19.2. The van der Waals surface area contributed by atoms with Crippen LogP contribution in [0.5, 0.6) is 0 Å². The Morgan fingerprint density at radius 1 is 1.27 bits per heavy atom. The number of rotatable bonds is 9. The van der Waals surface area contributed by atoms with Gasteiger partial charge in [-0.15, -0.1) is 0 Å². The minimum atomic E-state index is -0.450. The van der Waals surface area contributed by atoms with Crippen molar-refractivity contribution in [2.45, 2.75) is 71.9 Å². The fraction of sp³-hybridized carbons (Fsp3) is 0.941. The van der Waals surface area contributed by atoms with Gasteiger partial charge in [0.15, 0.2) is 0 Å². The number of aliphatic hydroxyl groups is 1. The predicted octanol–water partition coefficient (Wildman–Crippen LogP) is 2.77. The fourth-order valence-electron chi connectivity index (χ4n) is 2.46. The molecule has 0 aromatic heterocycles. The number of aliphatic hydroxyl groups excluding tert-OH is 1. The van der Waals surface area contributed by atoms with E-state index >= 15 is 0 Å². The number of nitrogens with zero attached hydrogens (tertiary/aromatic N) is 1. The molecule has 0 unspecified atom stereocenters. The van der Waals surface area contributed by atoms with Gasteiger partial charge in [-0.05, 0) is 46.5 Å². The van der Waals surface area contributed by atoms with Crippen molar-refractivity contribution in [3.63, 3.8) is 0 Å². The first-order chi connectivity index (χ1) is 10.3. The van der Waals surface area contributed by atoms with E-state index in [9.17, 15) is 9.90 Å². The summed E-state index contributed by atoms with van der Waals surface area (Å²) in [5.41, 5.74) is -0.496. The second kappa shape index (κ2) is 8.16. The molecule has 5 nitrogen and oxygen atoms in total. The Kier molecular flexibility index (Phi) is 7.13. The average molecular weight is 314 g/mol. The molecule has 0 heterocycles. The normalized spacial score (nSPS) is 15.7. The molecule has 22 heavy (non-hydrogen) atoms. The van der Waals surface area contributed by atoms with E-state index in [-0.39, 0.29) is 18.1 Å². The van der Waals surface area contributed by atoms with Gasteiger partial charge in [0.1, 0.15) is 5.60 Å². The van der Waals surface area contributed by atoms with Crippen LogP contribution in [0.4, 0.5) is 4.79 Å². The molecule has 0 spiro atoms. The van der Waals surface area contributed by atoms with Crippen LogP contribution in [-0.2, 0) is 4.74 Å². The van der Waals surface area contributed by atoms with Gasteiger partial charge in [0.05, 0.1) is 0 Å². The topological polar surface area (TPSA) is 61.8 Å². The van der Waals surface area contributed by atoms with Crippen LogP contribution in [0.2, 0.25) is 0 Å². The molecular formula is C17H34N2O3. The van der Waals surface area contributed by atoms with Gasteiger partial charge >= 0.3 is 6.09 Å². The molecule has 0 bridgehead atoms. The van der Waals surface area contributed by atoms with Crippen LogP contribution >= 0.6 is 0 Å². The molecule has 1 rings (SSSR count). The fourth-order valence-corrected chi connectivity index (χ4v) is 2.46. The second-order valence-corrected chi connectivity index (χ2v) is 7.45. The lowest BCUT2D eigenvalue weighted by Crippen LogP contribution is -2.44. The summed E-state index contributed by atoms with van der Waals surface area (Å²) in [6, 6.07) is 0.344. The van der Waals surface area contributed by atoms with Crippen LogP contribution < -0.4 is 5.32 Å². The van der Waals surface area contributed by atoms with E-state index < -0.39 is 5.60 Å². The molecule has 0 aromatic carbocycles. The third-order valence-corrected chi connectivity index (χ3v) is 4.48. The largest absolute Gasteiger partial charge is 0.444 e. The highest BCUT2D eigenvalue weighted by Gasteiger charge is 2.35. The maximum atomic E-state index is 12.2. The van der Waals surface area contributed by atoms with Crippen molar-refractivity contribution in [1.29, 1.82) is 0 Å². The zero-order valence-corrected chi connectivity index (χ0v) is 14.9. The van der Waals surface area contributed by atoms with Crippen molar-refractivity contribution in [3.05, 3.63) is 0 Å². The third-order valence-electron chi connectivity index (χ3n) is 4.48. The van der Waals surface area contributed by atoms with Crippen molar-refractivity contribution >= 4 is 6.09 Å². The predicted molar refractivity (Wildman–Crippen MR) is 88.9 cm³/mol. The Balaban J connectivity index is 2.41. The van der Waals surface area contributed by atoms with Crippen LogP contribution in [0.25, 0.3) is 0 Å². The lowest BCUT2D eigenvalue weighted by atomic mass is 9.83. The first-order valence-electron chi connectivity index (χ1n) is 8.58. The first-order valence-corrected chi connectivity index (χ1v) is 8.58. The molecule has 0 atom stereocenters. The molecule has 0 aromatic rings. The molecule has 0 saturated heterocycles. The minimum Gasteiger partial charge on any atom is -0.444 e. The molecular weight excluding hydrogens is 280 g/mol. The average Bonchev–Trinajstić information content (AvgIpc) is 3.26. The highest BCUT2D eigenvalue weighted by molar-refractivity contribution is 5.69. The number of hydrogen-bond donors (Lipinski definition) is 2. The number of hydrogen-bond acceptors (Lipinski definition) is 4. The van der Waals surface area contributed by atoms with Gasteiger partial charge in [0.25, 0.3) is 0 Å². The van der Waals surface area contributed by atoms with E-state index in [1.807, 2.05) is 25.7 Å². The van der Waals surface area contributed by atoms with Gasteiger partial charge in [0, 0.05) is 37.7 Å². The SMILES string of the molecule is CCC(CC)(CO)CNCCN(C(=O)OC(C)(C)C)C1CC1. The molecule has 1 saturated carbocycles. The highest BCUT2D eigenvalue weighted by atomic mass is 16.6. The van der Waals surface area contributed by atoms with Crippen molar-refractivity contribution < 1.29 is 14.6 Å². The summed E-state index contributed by atoms with van der Waals surface area (Å²) in [4.78, 5) is 14.1. The Labute approximate surface area is 135 Å². The molecule has 1 aliphatic carbocycles. The van der Waals surface area contributed by atoms with E-state index in [4.69, 9.17) is 4.74 Å². The third kappa shape index (κ3) is 6.13. The zero-order chi connectivity index (χ0) is 16.8. The summed E-state index contributed by atoms with van der Waals surface area (Å²) in [5, 5.41) is 13.0. The molecule has 5 heteroatoms. The Bertz CT molecular complexity index is 336. The Morgan fingerprint density at radius 3 is 2.27 bits per heavy atom. The number of amides is 1. The van der Waals surface area contributed by atoms with Crippen molar-refractivity contribution in [2.75, 3.05) is 26.2 Å². The van der Waals surface area contributed by atoms with Crippen LogP contribution in [-0.4, -0.2) is 54.0 Å². The number of carbonyl (C=O) groups is 1. The standard InChI is InChI=1S/C17H34N2O3/c1-6-17(7-2,13-20)12-18-10-11-19(14-8-9-14)15(21)22-16(3,4)5/h14,18,20H,6-13H2,1-5H3. The number of ether oxygens (including phenoxy) is 1. The zero-order valence-electron chi connectivity index (χ0n) is 14.9. The molecule has 1 fully saturated rings. The Hall–Kier alpha value is -0.810. The summed E-state index contributed by atoms with van der Waals surface area (Å²) >= 11 is 0. The summed E-state index contributed by atoms with van der Waals surface area (Å²) < 4.78 is 5.48. The summed E-state index contributed by atoms with van der Waals surface area (Å²) in [7, 11) is 0. The molecule has 0 aliphatic heterocycles. The lowest BCUT2D eigenvalue weighted by Gasteiger charge is -2.31. The highest BCUT2D eigenvalue weighted by Crippen LogP contribution is 2.28. The van der Waals surface area contributed by atoms with Crippen LogP contribution in [0.15, 0.2) is 0 Å². The molecule has 2 N–H and O–H groups in total. The van der Waals surface area contributed by atoms with Crippen LogP contribution in [0.3, 0.4) is 0 Å². The van der Waals surface area contributed by atoms with Gasteiger partial charge in [0.2, 0.25) is 0 Å². The number of carbonyl (C=O) groups excluding carboxylic acids is 1. The number of nitrogens with one attached hydrogen (secondary N) is 1. The van der Waals surface area contributed by atoms with Gasteiger partial charge < -0.3 is 20.1 Å². The molecule has 1 aliphatic rings. The molecule has 130 valence electrons. The summed E-state index contributed by atoms with van der Waals surface area (Å²) in [5.74, 6) is 0. The van der Waals surface area contributed by atoms with E-state index in [1.54, 1.807) is 0 Å². The smallest absolute Gasteiger partial charge is 0.410 e. The van der Waals surface area contributed by atoms with E-state index in [2.05, 4.69) is 19.2 Å². The van der Waals surface area contributed by atoms with E-state index in [0.29, 0.717) is 12.6 Å². The second-order valence-electron chi connectivity index (χ2n) is 7.45. The summed E-state index contributed by atoms with van der Waals surface area (Å²) in [6.07, 6.45) is 3.83. The monoisotopic (exact) mass is 314 g/mol. The van der Waals surface area contributed by atoms with E-state index in [1.165, 1.54) is 0 Å². The maximum Gasteiger partial charge on any atom is 0.410 e. The van der Waals surface area contributed by atoms with Gasteiger partial charge in [-0.1, -0.05) is 13.8 Å². The van der Waals surface area contributed by atoms with Crippen molar-refractivity contribution in [3.8, 4) is 0 Å². The molecule has 0 radical (unpaired) electrons. The van der Waals surface area contributed by atoms with Crippen LogP contribution in [0, 0.1) is 5.41 Å². The lowest BCUT2D eigenvalue weighted by molar-refractivity contribution is 0.0232. The minimum absolute atomic E-state index is 0.0453. The summed E-state index contributed by atoms with van der Waals surface area (Å²) in [6.45, 7) is 12.3.